The van der Waals surface area contributed by atoms with Crippen molar-refractivity contribution in [2.24, 2.45) is 0 Å². The van der Waals surface area contributed by atoms with E-state index in [4.69, 9.17) is 11.6 Å². The van der Waals surface area contributed by atoms with Crippen molar-refractivity contribution < 1.29 is 4.79 Å². The number of halogens is 1. The molecule has 5 heteroatoms. The Bertz CT molecular complexity index is 768. The van der Waals surface area contributed by atoms with Crippen molar-refractivity contribution in [1.29, 1.82) is 0 Å². The van der Waals surface area contributed by atoms with Gasteiger partial charge in [0.25, 0.3) is 0 Å². The summed E-state index contributed by atoms with van der Waals surface area (Å²) in [5.41, 5.74) is 2.14. The summed E-state index contributed by atoms with van der Waals surface area (Å²) in [5, 5.41) is 8.45. The number of aromatic nitrogens is 3. The lowest BCUT2D eigenvalue weighted by molar-refractivity contribution is 0.0985. The largest absolute Gasteiger partial charge is 0.292 e. The molecule has 1 heterocycles. The topological polar surface area (TPSA) is 47.8 Å². The molecule has 21 heavy (non-hydrogen) atoms. The van der Waals surface area contributed by atoms with E-state index < -0.39 is 0 Å². The first-order chi connectivity index (χ1) is 10.2. The van der Waals surface area contributed by atoms with E-state index in [1.807, 2.05) is 42.5 Å². The Morgan fingerprint density at radius 2 is 1.90 bits per heavy atom. The average Bonchev–Trinajstić information content (AvgIpc) is 2.98. The minimum atomic E-state index is -0.0499. The number of hydrogen-bond acceptors (Lipinski definition) is 3. The molecular formula is C16H12ClN3O. The van der Waals surface area contributed by atoms with E-state index in [1.54, 1.807) is 16.8 Å². The summed E-state index contributed by atoms with van der Waals surface area (Å²) in [6, 6.07) is 16.7. The molecule has 0 radical (unpaired) electrons. The molecule has 4 nitrogen and oxygen atoms in total. The van der Waals surface area contributed by atoms with Crippen LogP contribution in [0.5, 0.6) is 0 Å². The van der Waals surface area contributed by atoms with Gasteiger partial charge in [0.2, 0.25) is 0 Å². The minimum absolute atomic E-state index is 0.0499. The highest BCUT2D eigenvalue weighted by Crippen LogP contribution is 2.15. The van der Waals surface area contributed by atoms with Crippen LogP contribution in [0.1, 0.15) is 16.1 Å². The highest BCUT2D eigenvalue weighted by atomic mass is 35.5. The van der Waals surface area contributed by atoms with Gasteiger partial charge in [0.15, 0.2) is 5.78 Å². The van der Waals surface area contributed by atoms with Crippen LogP contribution in [0.15, 0.2) is 60.8 Å². The van der Waals surface area contributed by atoms with E-state index in [0.717, 1.165) is 11.3 Å². The predicted octanol–water partition coefficient (Wildman–Crippen LogP) is 3.35. The number of rotatable bonds is 4. The number of carbonyl (C=O) groups is 1. The summed E-state index contributed by atoms with van der Waals surface area (Å²) in [6.45, 7) is 0. The first kappa shape index (κ1) is 13.5. The number of para-hydroxylation sites is 1. The number of benzene rings is 2. The number of carbonyl (C=O) groups excluding carboxylic acids is 1. The molecule has 0 atom stereocenters. The van der Waals surface area contributed by atoms with Gasteiger partial charge < -0.3 is 0 Å². The van der Waals surface area contributed by atoms with Gasteiger partial charge in [0, 0.05) is 11.4 Å². The van der Waals surface area contributed by atoms with Gasteiger partial charge >= 0.3 is 0 Å². The lowest BCUT2D eigenvalue weighted by Crippen LogP contribution is -2.11. The van der Waals surface area contributed by atoms with Gasteiger partial charge in [-0.15, -0.1) is 5.10 Å². The van der Waals surface area contributed by atoms with Crippen molar-refractivity contribution in [2.45, 2.75) is 6.42 Å². The smallest absolute Gasteiger partial charge is 0.187 e. The van der Waals surface area contributed by atoms with Gasteiger partial charge in [0.1, 0.15) is 5.69 Å². The fourth-order valence-corrected chi connectivity index (χ4v) is 2.32. The Morgan fingerprint density at radius 1 is 1.10 bits per heavy atom. The summed E-state index contributed by atoms with van der Waals surface area (Å²) in [5.74, 6) is -0.0499. The lowest BCUT2D eigenvalue weighted by atomic mass is 10.1. The van der Waals surface area contributed by atoms with Crippen LogP contribution in [0.2, 0.25) is 5.02 Å². The van der Waals surface area contributed by atoms with Crippen LogP contribution < -0.4 is 0 Å². The van der Waals surface area contributed by atoms with Crippen LogP contribution >= 0.6 is 11.6 Å². The fourth-order valence-electron chi connectivity index (χ4n) is 2.11. The second-order valence-corrected chi connectivity index (χ2v) is 5.03. The van der Waals surface area contributed by atoms with Crippen LogP contribution in [0, 0.1) is 0 Å². The Morgan fingerprint density at radius 3 is 2.67 bits per heavy atom. The molecule has 0 saturated heterocycles. The number of ketones is 1. The zero-order chi connectivity index (χ0) is 14.7. The van der Waals surface area contributed by atoms with Crippen LogP contribution in [0.25, 0.3) is 5.69 Å². The summed E-state index contributed by atoms with van der Waals surface area (Å²) >= 11 is 5.94. The van der Waals surface area contributed by atoms with Crippen molar-refractivity contribution in [2.75, 3.05) is 0 Å². The molecule has 1 aromatic heterocycles. The molecule has 0 amide bonds. The molecule has 0 bridgehead atoms. The molecule has 0 saturated carbocycles. The normalized spacial score (nSPS) is 10.5. The highest BCUT2D eigenvalue weighted by molar-refractivity contribution is 6.30. The van der Waals surface area contributed by atoms with Gasteiger partial charge in [-0.25, -0.2) is 4.68 Å². The Hall–Kier alpha value is -2.46. The quantitative estimate of drug-likeness (QED) is 0.694. The monoisotopic (exact) mass is 297 g/mol. The number of nitrogens with zero attached hydrogens (tertiary/aromatic N) is 3. The van der Waals surface area contributed by atoms with Gasteiger partial charge in [-0.05, 0) is 29.8 Å². The SMILES string of the molecule is O=C(Cc1cccc(Cl)c1)c1cnnn1-c1ccccc1. The third-order valence-corrected chi connectivity index (χ3v) is 3.32. The predicted molar refractivity (Wildman–Crippen MR) is 80.8 cm³/mol. The Balaban J connectivity index is 1.88. The summed E-state index contributed by atoms with van der Waals surface area (Å²) in [6.07, 6.45) is 1.75. The maximum Gasteiger partial charge on any atom is 0.187 e. The zero-order valence-electron chi connectivity index (χ0n) is 11.1. The van der Waals surface area contributed by atoms with Crippen molar-refractivity contribution >= 4 is 17.4 Å². The molecule has 0 spiro atoms. The van der Waals surface area contributed by atoms with Gasteiger partial charge in [-0.3, -0.25) is 4.79 Å². The van der Waals surface area contributed by atoms with E-state index >= 15 is 0 Å². The molecule has 0 aliphatic rings. The van der Waals surface area contributed by atoms with Crippen molar-refractivity contribution in [3.63, 3.8) is 0 Å². The summed E-state index contributed by atoms with van der Waals surface area (Å²) < 4.78 is 1.55. The molecule has 0 aliphatic heterocycles. The van der Waals surface area contributed by atoms with Crippen LogP contribution in [-0.4, -0.2) is 20.8 Å². The van der Waals surface area contributed by atoms with E-state index in [2.05, 4.69) is 10.3 Å². The fraction of sp³-hybridized carbons (Fsp3) is 0.0625. The van der Waals surface area contributed by atoms with Crippen LogP contribution in [-0.2, 0) is 6.42 Å². The van der Waals surface area contributed by atoms with Crippen molar-refractivity contribution in [3.05, 3.63) is 77.1 Å². The molecule has 0 unspecified atom stereocenters. The molecule has 3 rings (SSSR count). The summed E-state index contributed by atoms with van der Waals surface area (Å²) in [7, 11) is 0. The molecule has 0 N–H and O–H groups in total. The molecule has 0 aliphatic carbocycles. The molecule has 2 aromatic carbocycles. The van der Waals surface area contributed by atoms with Gasteiger partial charge in [0.05, 0.1) is 11.9 Å². The van der Waals surface area contributed by atoms with E-state index in [1.165, 1.54) is 6.20 Å². The molecule has 3 aromatic rings. The van der Waals surface area contributed by atoms with E-state index in [-0.39, 0.29) is 12.2 Å². The average molecular weight is 298 g/mol. The zero-order valence-corrected chi connectivity index (χ0v) is 11.9. The van der Waals surface area contributed by atoms with E-state index in [0.29, 0.717) is 10.7 Å². The van der Waals surface area contributed by atoms with Crippen molar-refractivity contribution in [3.8, 4) is 5.69 Å². The van der Waals surface area contributed by atoms with E-state index in [9.17, 15) is 4.79 Å². The van der Waals surface area contributed by atoms with Crippen molar-refractivity contribution in [1.82, 2.24) is 15.0 Å². The lowest BCUT2D eigenvalue weighted by Gasteiger charge is -2.05. The molecular weight excluding hydrogens is 286 g/mol. The highest BCUT2D eigenvalue weighted by Gasteiger charge is 2.15. The second kappa shape index (κ2) is 5.89. The molecule has 0 fully saturated rings. The van der Waals surface area contributed by atoms with Gasteiger partial charge in [-0.2, -0.15) is 0 Å². The third-order valence-electron chi connectivity index (χ3n) is 3.09. The Kier molecular flexibility index (Phi) is 3.79. The first-order valence-corrected chi connectivity index (χ1v) is 6.85. The van der Waals surface area contributed by atoms with Crippen LogP contribution in [0.3, 0.4) is 0 Å². The molecule has 104 valence electrons. The first-order valence-electron chi connectivity index (χ1n) is 6.48. The third kappa shape index (κ3) is 3.01. The van der Waals surface area contributed by atoms with Crippen LogP contribution in [0.4, 0.5) is 0 Å². The second-order valence-electron chi connectivity index (χ2n) is 4.60. The minimum Gasteiger partial charge on any atom is -0.292 e. The standard InChI is InChI=1S/C16H12ClN3O/c17-13-6-4-5-12(9-13)10-16(21)15-11-18-19-20(15)14-7-2-1-3-8-14/h1-9,11H,10H2. The maximum absolute atomic E-state index is 12.4. The number of Topliss-reactive ketones (excluding diaryl/α,β-unsaturated/α-hetero) is 1. The Labute approximate surface area is 127 Å². The maximum atomic E-state index is 12.4. The summed E-state index contributed by atoms with van der Waals surface area (Å²) in [4.78, 5) is 12.4. The number of hydrogen-bond donors (Lipinski definition) is 0. The van der Waals surface area contributed by atoms with Gasteiger partial charge in [-0.1, -0.05) is 47.1 Å².